The fraction of sp³-hybridized carbons (Fsp3) is 0.207. The number of ether oxygens (including phenoxy) is 3. The Morgan fingerprint density at radius 2 is 1.85 bits per heavy atom. The summed E-state index contributed by atoms with van der Waals surface area (Å²) in [6.45, 7) is 6.60. The van der Waals surface area contributed by atoms with E-state index in [1.165, 1.54) is 20.3 Å². The van der Waals surface area contributed by atoms with Crippen LogP contribution in [0.1, 0.15) is 5.56 Å². The predicted octanol–water partition coefficient (Wildman–Crippen LogP) is 6.61. The molecule has 206 valence electrons. The average Bonchev–Trinajstić information content (AvgIpc) is 2.92. The van der Waals surface area contributed by atoms with Gasteiger partial charge in [0.2, 0.25) is 5.91 Å². The molecular formula is C29H27Cl2N5O4. The van der Waals surface area contributed by atoms with Gasteiger partial charge in [0.1, 0.15) is 23.1 Å². The number of nitrogens with zero attached hydrogens (tertiary/aromatic N) is 2. The predicted molar refractivity (Wildman–Crippen MR) is 160 cm³/mol. The van der Waals surface area contributed by atoms with Gasteiger partial charge >= 0.3 is 0 Å². The van der Waals surface area contributed by atoms with Crippen molar-refractivity contribution in [2.24, 2.45) is 0 Å². The number of nitrogens with one attached hydrogen (secondary N) is 3. The average molecular weight is 580 g/mol. The number of halogens is 2. The summed E-state index contributed by atoms with van der Waals surface area (Å²) >= 11 is 13.4. The highest BCUT2D eigenvalue weighted by Crippen LogP contribution is 2.46. The molecule has 2 aromatic heterocycles. The number of aromatic nitrogens is 2. The Bertz CT molecular complexity index is 1600. The molecule has 3 heterocycles. The van der Waals surface area contributed by atoms with Crippen molar-refractivity contribution in [3.05, 3.63) is 70.9 Å². The zero-order valence-corrected chi connectivity index (χ0v) is 23.6. The number of aryl methyl sites for hydroxylation is 1. The van der Waals surface area contributed by atoms with Crippen molar-refractivity contribution in [1.82, 2.24) is 9.97 Å². The molecule has 0 aliphatic carbocycles. The number of benzene rings is 2. The molecule has 5 rings (SSSR count). The fourth-order valence-electron chi connectivity index (χ4n) is 4.33. The topological polar surface area (TPSA) is 107 Å². The largest absolute Gasteiger partial charge is 0.495 e. The van der Waals surface area contributed by atoms with Crippen LogP contribution >= 0.6 is 23.2 Å². The van der Waals surface area contributed by atoms with E-state index in [0.29, 0.717) is 63.3 Å². The molecule has 0 spiro atoms. The Labute approximate surface area is 241 Å². The SMILES string of the molecule is C=CC(=O)Nc1cccc(C)c1Nc1cc2c(NC3COC3)nc(-c3c(Cl)c(OC)cc(OC)c3Cl)cc2cn1. The molecular weight excluding hydrogens is 553 g/mol. The van der Waals surface area contributed by atoms with Crippen molar-refractivity contribution in [1.29, 1.82) is 0 Å². The van der Waals surface area contributed by atoms with Crippen LogP contribution in [0, 0.1) is 6.92 Å². The van der Waals surface area contributed by atoms with E-state index in [4.69, 9.17) is 42.4 Å². The van der Waals surface area contributed by atoms with Crippen LogP contribution in [-0.4, -0.2) is 49.4 Å². The van der Waals surface area contributed by atoms with Crippen LogP contribution in [0.25, 0.3) is 22.0 Å². The third-order valence-corrected chi connectivity index (χ3v) is 7.24. The zero-order chi connectivity index (χ0) is 28.4. The second kappa shape index (κ2) is 11.6. The second-order valence-electron chi connectivity index (χ2n) is 9.13. The van der Waals surface area contributed by atoms with Crippen molar-refractivity contribution in [2.45, 2.75) is 13.0 Å². The molecule has 1 aliphatic rings. The molecule has 3 N–H and O–H groups in total. The third kappa shape index (κ3) is 5.36. The number of methoxy groups -OCH3 is 2. The van der Waals surface area contributed by atoms with Crippen LogP contribution in [0.2, 0.25) is 10.0 Å². The summed E-state index contributed by atoms with van der Waals surface area (Å²) in [5, 5.41) is 11.9. The number of pyridine rings is 2. The monoisotopic (exact) mass is 579 g/mol. The molecule has 0 radical (unpaired) electrons. The number of carbonyl (C=O) groups is 1. The molecule has 40 heavy (non-hydrogen) atoms. The maximum atomic E-state index is 12.0. The van der Waals surface area contributed by atoms with Crippen molar-refractivity contribution in [3.63, 3.8) is 0 Å². The lowest BCUT2D eigenvalue weighted by Crippen LogP contribution is -2.40. The highest BCUT2D eigenvalue weighted by molar-refractivity contribution is 6.41. The van der Waals surface area contributed by atoms with Crippen molar-refractivity contribution in [2.75, 3.05) is 43.4 Å². The normalized spacial score (nSPS) is 12.9. The molecule has 4 aromatic rings. The summed E-state index contributed by atoms with van der Waals surface area (Å²) in [4.78, 5) is 21.6. The van der Waals surface area contributed by atoms with Gasteiger partial charge in [-0.1, -0.05) is 41.9 Å². The molecule has 0 unspecified atom stereocenters. The molecule has 1 aliphatic heterocycles. The van der Waals surface area contributed by atoms with E-state index < -0.39 is 0 Å². The van der Waals surface area contributed by atoms with Crippen molar-refractivity contribution in [3.8, 4) is 22.8 Å². The first-order chi connectivity index (χ1) is 19.3. The van der Waals surface area contributed by atoms with Crippen LogP contribution < -0.4 is 25.4 Å². The van der Waals surface area contributed by atoms with E-state index in [1.807, 2.05) is 37.3 Å². The van der Waals surface area contributed by atoms with E-state index in [1.54, 1.807) is 12.3 Å². The summed E-state index contributed by atoms with van der Waals surface area (Å²) in [6, 6.07) is 11.1. The first-order valence-corrected chi connectivity index (χ1v) is 13.1. The molecule has 1 saturated heterocycles. The molecule has 1 amide bonds. The van der Waals surface area contributed by atoms with Crippen LogP contribution in [-0.2, 0) is 9.53 Å². The third-order valence-electron chi connectivity index (χ3n) is 6.49. The Morgan fingerprint density at radius 1 is 1.12 bits per heavy atom. The number of amides is 1. The molecule has 0 atom stereocenters. The summed E-state index contributed by atoms with van der Waals surface area (Å²) in [6.07, 6.45) is 2.97. The van der Waals surface area contributed by atoms with Gasteiger partial charge in [-0.15, -0.1) is 0 Å². The van der Waals surface area contributed by atoms with E-state index in [2.05, 4.69) is 27.5 Å². The van der Waals surface area contributed by atoms with Crippen molar-refractivity contribution >= 4 is 62.9 Å². The van der Waals surface area contributed by atoms with Gasteiger partial charge in [-0.3, -0.25) is 4.79 Å². The minimum Gasteiger partial charge on any atom is -0.495 e. The Morgan fingerprint density at radius 3 is 2.48 bits per heavy atom. The molecule has 1 fully saturated rings. The molecule has 9 nitrogen and oxygen atoms in total. The standard InChI is InChI=1S/C29H27Cl2N5O4/c1-5-24(37)34-19-8-6-7-15(2)28(19)36-23-10-18-16(12-32-23)9-20(35-29(18)33-17-13-40-14-17)25-26(30)21(38-3)11-22(39-4)27(25)31/h5-12,17H,1,13-14H2,2-4H3,(H,32,36)(H,33,35)(H,34,37). The van der Waals surface area contributed by atoms with Gasteiger partial charge in [0.25, 0.3) is 0 Å². The van der Waals surface area contributed by atoms with Crippen molar-refractivity contribution < 1.29 is 19.0 Å². The van der Waals surface area contributed by atoms with Crippen LogP contribution in [0.4, 0.5) is 23.0 Å². The number of hydrogen-bond acceptors (Lipinski definition) is 8. The van der Waals surface area contributed by atoms with Gasteiger partial charge in [-0.25, -0.2) is 9.97 Å². The first kappa shape index (κ1) is 27.5. The van der Waals surface area contributed by atoms with E-state index in [9.17, 15) is 4.79 Å². The number of para-hydroxylation sites is 1. The number of rotatable bonds is 9. The van der Waals surface area contributed by atoms with E-state index in [-0.39, 0.29) is 11.9 Å². The number of anilines is 4. The summed E-state index contributed by atoms with van der Waals surface area (Å²) in [7, 11) is 3.05. The Kier molecular flexibility index (Phi) is 7.97. The quantitative estimate of drug-likeness (QED) is 0.190. The second-order valence-corrected chi connectivity index (χ2v) is 9.88. The lowest BCUT2D eigenvalue weighted by molar-refractivity contribution is -0.111. The number of hydrogen-bond donors (Lipinski definition) is 3. The lowest BCUT2D eigenvalue weighted by Gasteiger charge is -2.28. The van der Waals surface area contributed by atoms with Crippen LogP contribution in [0.5, 0.6) is 11.5 Å². The number of fused-ring (bicyclic) bond motifs is 1. The van der Waals surface area contributed by atoms with Crippen LogP contribution in [0.15, 0.2) is 55.3 Å². The van der Waals surface area contributed by atoms with Crippen LogP contribution in [0.3, 0.4) is 0 Å². The minimum absolute atomic E-state index is 0.0957. The highest BCUT2D eigenvalue weighted by atomic mass is 35.5. The molecule has 0 saturated carbocycles. The summed E-state index contributed by atoms with van der Waals surface area (Å²) in [5.41, 5.74) is 3.27. The number of carbonyl (C=O) groups excluding carboxylic acids is 1. The maximum absolute atomic E-state index is 12.0. The van der Waals surface area contributed by atoms with Gasteiger partial charge < -0.3 is 30.2 Å². The minimum atomic E-state index is -0.308. The van der Waals surface area contributed by atoms with E-state index >= 15 is 0 Å². The molecule has 2 aromatic carbocycles. The summed E-state index contributed by atoms with van der Waals surface area (Å²) in [5.74, 6) is 1.70. The first-order valence-electron chi connectivity index (χ1n) is 12.4. The maximum Gasteiger partial charge on any atom is 0.247 e. The highest BCUT2D eigenvalue weighted by Gasteiger charge is 2.24. The lowest BCUT2D eigenvalue weighted by atomic mass is 10.1. The Hall–Kier alpha value is -4.05. The van der Waals surface area contributed by atoms with Gasteiger partial charge in [-0.2, -0.15) is 0 Å². The van der Waals surface area contributed by atoms with Gasteiger partial charge in [-0.05, 0) is 36.8 Å². The van der Waals surface area contributed by atoms with Gasteiger partial charge in [0, 0.05) is 28.6 Å². The van der Waals surface area contributed by atoms with Gasteiger partial charge in [0.05, 0.1) is 60.6 Å². The Balaban J connectivity index is 1.62. The fourth-order valence-corrected chi connectivity index (χ4v) is 5.02. The van der Waals surface area contributed by atoms with E-state index in [0.717, 1.165) is 22.0 Å². The summed E-state index contributed by atoms with van der Waals surface area (Å²) < 4.78 is 16.3. The molecule has 11 heteroatoms. The van der Waals surface area contributed by atoms with Gasteiger partial charge in [0.15, 0.2) is 0 Å². The molecule has 0 bridgehead atoms. The zero-order valence-electron chi connectivity index (χ0n) is 22.1. The smallest absolute Gasteiger partial charge is 0.247 e.